The molecule has 0 radical (unpaired) electrons. The maximum atomic E-state index is 10.5. The van der Waals surface area contributed by atoms with Crippen LogP contribution < -0.4 is 29.6 Å². The van der Waals surface area contributed by atoms with Gasteiger partial charge in [-0.25, -0.2) is 8.42 Å². The second-order valence-corrected chi connectivity index (χ2v) is 38.4. The molecule has 0 aromatic carbocycles. The van der Waals surface area contributed by atoms with E-state index in [-0.39, 0.29) is 61.6 Å². The second kappa shape index (κ2) is 118. The molecule has 12 heteroatoms. The van der Waals surface area contributed by atoms with E-state index < -0.39 is 10.4 Å². The Hall–Kier alpha value is 0.630. The molecule has 10 nitrogen and oxygen atoms in total. The molecule has 0 aliphatic carbocycles. The van der Waals surface area contributed by atoms with E-state index in [1.54, 1.807) is 0 Å². The van der Waals surface area contributed by atoms with E-state index in [0.717, 1.165) is 13.2 Å². The van der Waals surface area contributed by atoms with Crippen molar-refractivity contribution in [2.45, 2.75) is 621 Å². The van der Waals surface area contributed by atoms with Crippen LogP contribution in [0.2, 0.25) is 0 Å². The molecule has 5 unspecified atom stereocenters. The van der Waals surface area contributed by atoms with Crippen molar-refractivity contribution in [1.82, 2.24) is 0 Å². The number of hydrogen-bond donors (Lipinski definition) is 2. The van der Waals surface area contributed by atoms with Crippen LogP contribution in [0.4, 0.5) is 0 Å². The number of ether oxygens (including phenoxy) is 4. The SMILES string of the molecule is CC.CCCCCCCCCCCCCCCCC(CCCCCCCCCCCCCC)COCC(C)OCCO.CCCCCCCCCCCCCCCCC(CCCCCCCCCCCCCC)COCC(C)OCCOS(=O)(=O)[O-].CCCCCCCCCCCCCCCCC(CO)CCCCCCCCCCCCCC.[Na+]. The van der Waals surface area contributed by atoms with Crippen molar-refractivity contribution in [3.63, 3.8) is 0 Å². The van der Waals surface area contributed by atoms with Gasteiger partial charge in [0, 0.05) is 19.8 Å². The molecular weight excluding hydrogens is 1510 g/mol. The predicted octanol–water partition coefficient (Wildman–Crippen LogP) is 33.0. The number of rotatable bonds is 101. The summed E-state index contributed by atoms with van der Waals surface area (Å²) in [7, 11) is -4.66. The minimum absolute atomic E-state index is 0. The zero-order valence-corrected chi connectivity index (χ0v) is 87.0. The van der Waals surface area contributed by atoms with E-state index in [1.165, 1.54) is 539 Å². The number of aliphatic hydroxyl groups excluding tert-OH is 2. The van der Waals surface area contributed by atoms with Crippen molar-refractivity contribution in [3.8, 4) is 0 Å². The van der Waals surface area contributed by atoms with Crippen LogP contribution in [0, 0.1) is 17.8 Å². The van der Waals surface area contributed by atoms with Gasteiger partial charge < -0.3 is 33.7 Å². The minimum Gasteiger partial charge on any atom is -0.726 e. The maximum absolute atomic E-state index is 10.5. The first-order valence-corrected chi connectivity index (χ1v) is 56.0. The van der Waals surface area contributed by atoms with Gasteiger partial charge in [0.15, 0.2) is 0 Å². The average molecular weight is 1740 g/mol. The molecule has 0 amide bonds. The van der Waals surface area contributed by atoms with Gasteiger partial charge in [-0.05, 0) is 70.1 Å². The molecule has 722 valence electrons. The molecule has 0 spiro atoms. The zero-order valence-electron chi connectivity index (χ0n) is 84.2. The van der Waals surface area contributed by atoms with Crippen LogP contribution in [0.15, 0.2) is 0 Å². The van der Waals surface area contributed by atoms with Crippen molar-refractivity contribution in [1.29, 1.82) is 0 Å². The van der Waals surface area contributed by atoms with Gasteiger partial charge in [0.05, 0.1) is 51.8 Å². The van der Waals surface area contributed by atoms with Gasteiger partial charge in [-0.15, -0.1) is 0 Å². The van der Waals surface area contributed by atoms with Crippen LogP contribution in [0.1, 0.15) is 609 Å². The largest absolute Gasteiger partial charge is 1.00 e. The van der Waals surface area contributed by atoms with Crippen LogP contribution in [0.25, 0.3) is 0 Å². The molecule has 0 aromatic heterocycles. The van der Waals surface area contributed by atoms with Crippen LogP contribution in [-0.2, 0) is 33.5 Å². The smallest absolute Gasteiger partial charge is 0.726 e. The Balaban J connectivity index is -0.000000548. The fourth-order valence-corrected chi connectivity index (χ4v) is 17.5. The maximum Gasteiger partial charge on any atom is 1.00 e. The second-order valence-electron chi connectivity index (χ2n) is 37.4. The van der Waals surface area contributed by atoms with Gasteiger partial charge in [0.2, 0.25) is 10.4 Å². The number of hydrogen-bond acceptors (Lipinski definition) is 10. The van der Waals surface area contributed by atoms with E-state index in [1.807, 2.05) is 27.7 Å². The molecular formula is C108H223NaO10S. The molecule has 2 N–H and O–H groups in total. The standard InChI is InChI=1S/C37H76O6S.C37H76O3.C32H66O.C2H6.Na/c1-4-6-8-10-12-14-16-18-19-21-23-25-27-29-31-37(35-41-34-36(3)42-32-33-43-44(38,39)40)30-28-26-24-22-20-17-15-13-11-9-7-5-2;1-4-6-8-10-12-14-16-18-19-21-23-25-27-29-31-37(35-39-34-36(3)40-33-32-38)30-28-26-24-22-20-17-15-13-11-9-7-5-2;1-3-5-7-9-11-13-15-17-18-20-22-24-26-28-30-32(31-33)29-27-25-23-21-19-16-14-12-10-8-6-4-2;1-2;/h36-37H,4-35H2,1-3H3,(H,38,39,40);36-38H,4-35H2,1-3H3;32-33H,3-31H2,1-2H3;1-2H3;/q;;;;+1/p-1. The van der Waals surface area contributed by atoms with Gasteiger partial charge >= 0.3 is 29.6 Å². The summed E-state index contributed by atoms with van der Waals surface area (Å²) in [4.78, 5) is 0. The van der Waals surface area contributed by atoms with E-state index in [2.05, 4.69) is 45.7 Å². The van der Waals surface area contributed by atoms with E-state index in [4.69, 9.17) is 24.1 Å². The fourth-order valence-electron chi connectivity index (χ4n) is 17.2. The van der Waals surface area contributed by atoms with Crippen LogP contribution in [0.3, 0.4) is 0 Å². The monoisotopic (exact) mass is 1740 g/mol. The Morgan fingerprint density at radius 2 is 0.392 bits per heavy atom. The third-order valence-corrected chi connectivity index (χ3v) is 25.6. The van der Waals surface area contributed by atoms with Crippen molar-refractivity contribution in [3.05, 3.63) is 0 Å². The van der Waals surface area contributed by atoms with Crippen molar-refractivity contribution in [2.24, 2.45) is 17.8 Å². The molecule has 5 atom stereocenters. The fraction of sp³-hybridized carbons (Fsp3) is 1.00. The first kappa shape index (κ1) is 129. The molecule has 0 rings (SSSR count). The third kappa shape index (κ3) is 121. The summed E-state index contributed by atoms with van der Waals surface area (Å²) in [5, 5.41) is 18.7. The normalized spacial score (nSPS) is 12.8. The molecule has 0 saturated heterocycles. The molecule has 120 heavy (non-hydrogen) atoms. The molecule has 0 saturated carbocycles. The summed E-state index contributed by atoms with van der Waals surface area (Å²) in [6.07, 6.45) is 118. The van der Waals surface area contributed by atoms with Crippen molar-refractivity contribution >= 4 is 10.4 Å². The summed E-state index contributed by atoms with van der Waals surface area (Å²) >= 11 is 0. The Labute approximate surface area is 778 Å². The first-order valence-electron chi connectivity index (χ1n) is 54.7. The van der Waals surface area contributed by atoms with Crippen LogP contribution in [0.5, 0.6) is 0 Å². The molecule has 0 aliphatic rings. The van der Waals surface area contributed by atoms with Crippen LogP contribution in [-0.4, -0.2) is 94.9 Å². The summed E-state index contributed by atoms with van der Waals surface area (Å²) in [5.74, 6) is 1.87. The van der Waals surface area contributed by atoms with Gasteiger partial charge in [0.1, 0.15) is 0 Å². The van der Waals surface area contributed by atoms with Gasteiger partial charge in [-0.2, -0.15) is 0 Å². The molecule has 0 heterocycles. The number of unbranched alkanes of at least 4 members (excludes halogenated alkanes) is 72. The molecule has 0 fully saturated rings. The van der Waals surface area contributed by atoms with Crippen molar-refractivity contribution < 1.29 is 75.9 Å². The van der Waals surface area contributed by atoms with Crippen LogP contribution >= 0.6 is 0 Å². The summed E-state index contributed by atoms with van der Waals surface area (Å²) < 4.78 is 59.0. The van der Waals surface area contributed by atoms with Crippen molar-refractivity contribution in [2.75, 3.05) is 59.5 Å². The Morgan fingerprint density at radius 3 is 0.550 bits per heavy atom. The number of aliphatic hydroxyl groups is 2. The molecule has 0 aliphatic heterocycles. The van der Waals surface area contributed by atoms with E-state index in [9.17, 15) is 18.1 Å². The Bertz CT molecular complexity index is 1830. The topological polar surface area (TPSA) is 144 Å². The zero-order chi connectivity index (χ0) is 87.7. The molecule has 0 aromatic rings. The first-order chi connectivity index (χ1) is 58.5. The Morgan fingerprint density at radius 1 is 0.233 bits per heavy atom. The third-order valence-electron chi connectivity index (χ3n) is 25.2. The quantitative estimate of drug-likeness (QED) is 0.0261. The van der Waals surface area contributed by atoms with Gasteiger partial charge in [-0.1, -0.05) is 556 Å². The van der Waals surface area contributed by atoms with Gasteiger partial charge in [-0.3, -0.25) is 4.18 Å². The molecule has 0 bridgehead atoms. The minimum atomic E-state index is -4.66. The van der Waals surface area contributed by atoms with E-state index in [0.29, 0.717) is 44.2 Å². The summed E-state index contributed by atoms with van der Waals surface area (Å²) in [5.41, 5.74) is 0. The summed E-state index contributed by atoms with van der Waals surface area (Å²) in [6.45, 7) is 25.2. The predicted molar refractivity (Wildman–Crippen MR) is 526 cm³/mol. The Kier molecular flexibility index (Phi) is 127. The van der Waals surface area contributed by atoms with E-state index >= 15 is 0 Å². The summed E-state index contributed by atoms with van der Waals surface area (Å²) in [6, 6.07) is 0. The van der Waals surface area contributed by atoms with Gasteiger partial charge in [0.25, 0.3) is 0 Å². The average Bonchev–Trinajstić information content (AvgIpc) is 0.986.